The van der Waals surface area contributed by atoms with E-state index in [0.29, 0.717) is 23.4 Å². The molecule has 1 amide bonds. The van der Waals surface area contributed by atoms with Crippen LogP contribution in [0.1, 0.15) is 44.2 Å². The van der Waals surface area contributed by atoms with Gasteiger partial charge in [-0.3, -0.25) is 4.79 Å². The minimum absolute atomic E-state index is 0.0378. The lowest BCUT2D eigenvalue weighted by Gasteiger charge is -2.22. The lowest BCUT2D eigenvalue weighted by Crippen LogP contribution is -2.34. The van der Waals surface area contributed by atoms with Crippen molar-refractivity contribution >= 4 is 23.5 Å². The molecule has 2 aromatic carbocycles. The van der Waals surface area contributed by atoms with Crippen LogP contribution in [0.3, 0.4) is 0 Å². The fraction of sp³-hybridized carbons (Fsp3) is 0.292. The molecule has 2 aromatic rings. The van der Waals surface area contributed by atoms with Crippen molar-refractivity contribution in [3.8, 4) is 17.2 Å². The standard InChI is InChI=1S/C24H26N4O/c1-3-11-28(12-4-2)24(29)21-13-20-10-9-19(14-22(20)27-23(26)15-21)18-7-5-17(16-25)6-8-18/h5-10,13-14H,3-4,11-12,15H2,1-2H3,(H2,26,27). The second-order valence-electron chi connectivity index (χ2n) is 7.20. The van der Waals surface area contributed by atoms with E-state index in [1.165, 1.54) is 0 Å². The zero-order valence-electron chi connectivity index (χ0n) is 17.0. The molecule has 0 aliphatic carbocycles. The van der Waals surface area contributed by atoms with Crippen LogP contribution in [0.4, 0.5) is 5.69 Å². The Morgan fingerprint density at radius 3 is 2.38 bits per heavy atom. The highest BCUT2D eigenvalue weighted by Crippen LogP contribution is 2.32. The highest BCUT2D eigenvalue weighted by atomic mass is 16.2. The highest BCUT2D eigenvalue weighted by Gasteiger charge is 2.21. The van der Waals surface area contributed by atoms with Crippen LogP contribution in [0.15, 0.2) is 53.0 Å². The largest absolute Gasteiger partial charge is 0.387 e. The third-order valence-corrected chi connectivity index (χ3v) is 4.89. The highest BCUT2D eigenvalue weighted by molar-refractivity contribution is 6.05. The number of benzene rings is 2. The fourth-order valence-corrected chi connectivity index (χ4v) is 3.50. The second-order valence-corrected chi connectivity index (χ2v) is 7.20. The van der Waals surface area contributed by atoms with E-state index in [1.54, 1.807) is 12.1 Å². The number of amides is 1. The van der Waals surface area contributed by atoms with Gasteiger partial charge < -0.3 is 10.6 Å². The second kappa shape index (κ2) is 9.20. The van der Waals surface area contributed by atoms with Gasteiger partial charge >= 0.3 is 0 Å². The van der Waals surface area contributed by atoms with Crippen LogP contribution in [0, 0.1) is 11.3 Å². The van der Waals surface area contributed by atoms with E-state index in [2.05, 4.69) is 24.9 Å². The summed E-state index contributed by atoms with van der Waals surface area (Å²) in [7, 11) is 0. The molecule has 2 N–H and O–H groups in total. The molecule has 0 saturated heterocycles. The summed E-state index contributed by atoms with van der Waals surface area (Å²) < 4.78 is 0. The molecular weight excluding hydrogens is 360 g/mol. The Balaban J connectivity index is 1.96. The molecule has 0 atom stereocenters. The summed E-state index contributed by atoms with van der Waals surface area (Å²) in [4.78, 5) is 19.5. The number of nitrogens with zero attached hydrogens (tertiary/aromatic N) is 3. The Bertz CT molecular complexity index is 991. The van der Waals surface area contributed by atoms with Crippen molar-refractivity contribution in [3.63, 3.8) is 0 Å². The molecule has 5 heteroatoms. The molecule has 5 nitrogen and oxygen atoms in total. The average molecular weight is 386 g/mol. The number of carbonyl (C=O) groups excluding carboxylic acids is 1. The maximum atomic E-state index is 13.1. The maximum absolute atomic E-state index is 13.1. The van der Waals surface area contributed by atoms with Crippen LogP contribution in [0.2, 0.25) is 0 Å². The van der Waals surface area contributed by atoms with Gasteiger partial charge in [0.15, 0.2) is 0 Å². The molecule has 29 heavy (non-hydrogen) atoms. The summed E-state index contributed by atoms with van der Waals surface area (Å²) in [6, 6.07) is 15.5. The van der Waals surface area contributed by atoms with Gasteiger partial charge in [0.25, 0.3) is 0 Å². The number of rotatable bonds is 6. The van der Waals surface area contributed by atoms with Crippen molar-refractivity contribution in [2.45, 2.75) is 33.1 Å². The van der Waals surface area contributed by atoms with Gasteiger partial charge in [0.05, 0.1) is 17.3 Å². The Morgan fingerprint density at radius 2 is 1.76 bits per heavy atom. The van der Waals surface area contributed by atoms with Gasteiger partial charge in [0.2, 0.25) is 5.91 Å². The van der Waals surface area contributed by atoms with Crippen LogP contribution in [0.25, 0.3) is 17.2 Å². The first-order valence-electron chi connectivity index (χ1n) is 10.0. The number of hydrogen-bond acceptors (Lipinski definition) is 4. The normalized spacial score (nSPS) is 12.9. The molecule has 0 spiro atoms. The molecule has 0 fully saturated rings. The summed E-state index contributed by atoms with van der Waals surface area (Å²) in [6.07, 6.45) is 4.12. The van der Waals surface area contributed by atoms with E-state index in [-0.39, 0.29) is 5.91 Å². The number of aliphatic imine (C=N–C) groups is 1. The van der Waals surface area contributed by atoms with Crippen molar-refractivity contribution in [1.82, 2.24) is 4.90 Å². The summed E-state index contributed by atoms with van der Waals surface area (Å²) in [6.45, 7) is 5.64. The average Bonchev–Trinajstić information content (AvgIpc) is 2.90. The van der Waals surface area contributed by atoms with Crippen LogP contribution in [0.5, 0.6) is 0 Å². The quantitative estimate of drug-likeness (QED) is 0.784. The Kier molecular flexibility index (Phi) is 6.46. The van der Waals surface area contributed by atoms with Gasteiger partial charge in [0.1, 0.15) is 5.84 Å². The molecule has 0 bridgehead atoms. The van der Waals surface area contributed by atoms with Crippen molar-refractivity contribution in [2.75, 3.05) is 13.1 Å². The minimum atomic E-state index is 0.0378. The van der Waals surface area contributed by atoms with Gasteiger partial charge in [-0.2, -0.15) is 5.26 Å². The first kappa shape index (κ1) is 20.3. The van der Waals surface area contributed by atoms with Crippen molar-refractivity contribution in [1.29, 1.82) is 5.26 Å². The number of fused-ring (bicyclic) bond motifs is 1. The number of amidine groups is 1. The van der Waals surface area contributed by atoms with Gasteiger partial charge in [-0.05, 0) is 48.2 Å². The molecule has 148 valence electrons. The van der Waals surface area contributed by atoms with Gasteiger partial charge in [-0.25, -0.2) is 4.99 Å². The predicted octanol–water partition coefficient (Wildman–Crippen LogP) is 4.65. The monoisotopic (exact) mass is 386 g/mol. The van der Waals surface area contributed by atoms with E-state index in [4.69, 9.17) is 11.0 Å². The minimum Gasteiger partial charge on any atom is -0.387 e. The third kappa shape index (κ3) is 4.72. The number of carbonyl (C=O) groups is 1. The molecule has 0 aromatic heterocycles. The molecule has 1 aliphatic rings. The number of nitrogens with two attached hydrogens (primary N) is 1. The van der Waals surface area contributed by atoms with E-state index in [9.17, 15) is 4.79 Å². The predicted molar refractivity (Wildman–Crippen MR) is 118 cm³/mol. The zero-order valence-corrected chi connectivity index (χ0v) is 17.0. The summed E-state index contributed by atoms with van der Waals surface area (Å²) in [5.74, 6) is 0.476. The van der Waals surface area contributed by atoms with Crippen molar-refractivity contribution in [2.24, 2.45) is 10.7 Å². The Hall–Kier alpha value is -3.39. The molecule has 0 saturated carbocycles. The first-order valence-corrected chi connectivity index (χ1v) is 10.0. The Labute approximate surface area is 172 Å². The van der Waals surface area contributed by atoms with Gasteiger partial charge in [-0.1, -0.05) is 38.1 Å². The number of nitriles is 1. The number of hydrogen-bond donors (Lipinski definition) is 1. The third-order valence-electron chi connectivity index (χ3n) is 4.89. The summed E-state index contributed by atoms with van der Waals surface area (Å²) in [5.41, 5.74) is 11.1. The topological polar surface area (TPSA) is 82.5 Å². The van der Waals surface area contributed by atoms with E-state index < -0.39 is 0 Å². The lowest BCUT2D eigenvalue weighted by atomic mass is 10.00. The van der Waals surface area contributed by atoms with Crippen molar-refractivity contribution < 1.29 is 4.79 Å². The molecular formula is C24H26N4O. The first-order chi connectivity index (χ1) is 14.0. The maximum Gasteiger partial charge on any atom is 0.250 e. The van der Waals surface area contributed by atoms with Gasteiger partial charge in [0, 0.05) is 30.6 Å². The molecule has 1 aliphatic heterocycles. The SMILES string of the molecule is CCCN(CCC)C(=O)C1=Cc2ccc(-c3ccc(C#N)cc3)cc2N=C(N)C1. The molecule has 0 unspecified atom stereocenters. The van der Waals surface area contributed by atoms with Crippen molar-refractivity contribution in [3.05, 3.63) is 59.2 Å². The van der Waals surface area contributed by atoms with Crippen LogP contribution < -0.4 is 5.73 Å². The summed E-state index contributed by atoms with van der Waals surface area (Å²) in [5, 5.41) is 8.97. The lowest BCUT2D eigenvalue weighted by molar-refractivity contribution is -0.127. The van der Waals surface area contributed by atoms with Crippen LogP contribution >= 0.6 is 0 Å². The molecule has 3 rings (SSSR count). The fourth-order valence-electron chi connectivity index (χ4n) is 3.50. The van der Waals surface area contributed by atoms with E-state index in [1.807, 2.05) is 41.3 Å². The van der Waals surface area contributed by atoms with E-state index in [0.717, 1.165) is 48.3 Å². The van der Waals surface area contributed by atoms with Crippen LogP contribution in [-0.4, -0.2) is 29.7 Å². The van der Waals surface area contributed by atoms with Crippen LogP contribution in [-0.2, 0) is 4.79 Å². The smallest absolute Gasteiger partial charge is 0.250 e. The Morgan fingerprint density at radius 1 is 1.10 bits per heavy atom. The molecule has 1 heterocycles. The summed E-state index contributed by atoms with van der Waals surface area (Å²) >= 11 is 0. The zero-order chi connectivity index (χ0) is 20.8. The molecule has 0 radical (unpaired) electrons. The van der Waals surface area contributed by atoms with E-state index >= 15 is 0 Å². The van der Waals surface area contributed by atoms with Gasteiger partial charge in [-0.15, -0.1) is 0 Å².